The molecule has 0 bridgehead atoms. The van der Waals surface area contributed by atoms with Crippen molar-refractivity contribution in [3.8, 4) is 11.5 Å². The number of hydrogen-bond donors (Lipinski definition) is 1. The van der Waals surface area contributed by atoms with Crippen molar-refractivity contribution in [3.63, 3.8) is 0 Å². The minimum Gasteiger partial charge on any atom is -0.495 e. The molecular weight excluding hydrogens is 266 g/mol. The highest BCUT2D eigenvalue weighted by Gasteiger charge is 2.11. The van der Waals surface area contributed by atoms with E-state index in [9.17, 15) is 0 Å². The molecule has 0 fully saturated rings. The van der Waals surface area contributed by atoms with Gasteiger partial charge in [0.2, 0.25) is 0 Å². The van der Waals surface area contributed by atoms with Gasteiger partial charge in [-0.3, -0.25) is 0 Å². The van der Waals surface area contributed by atoms with Crippen molar-refractivity contribution in [1.82, 2.24) is 0 Å². The molecule has 0 unspecified atom stereocenters. The summed E-state index contributed by atoms with van der Waals surface area (Å²) < 4.78 is 16.1. The number of ether oxygens (including phenoxy) is 3. The highest BCUT2D eigenvalue weighted by Crippen LogP contribution is 2.35. The summed E-state index contributed by atoms with van der Waals surface area (Å²) in [6.45, 7) is 7.37. The molecule has 1 aromatic rings. The Bertz CT molecular complexity index is 416. The smallest absolute Gasteiger partial charge is 0.143 e. The Hall–Kier alpha value is -1.13. The van der Waals surface area contributed by atoms with Crippen LogP contribution in [0.5, 0.6) is 11.5 Å². The van der Waals surface area contributed by atoms with E-state index in [-0.39, 0.29) is 5.60 Å². The Balaban J connectivity index is 2.66. The quantitative estimate of drug-likeness (QED) is 0.812. The molecule has 0 aliphatic heterocycles. The lowest BCUT2D eigenvalue weighted by atomic mass is 10.2. The molecule has 0 heterocycles. The van der Waals surface area contributed by atoms with Crippen LogP contribution >= 0.6 is 11.6 Å². The van der Waals surface area contributed by atoms with Crippen LogP contribution in [0.1, 0.15) is 20.8 Å². The van der Waals surface area contributed by atoms with Gasteiger partial charge >= 0.3 is 0 Å². The summed E-state index contributed by atoms with van der Waals surface area (Å²) in [5.41, 5.74) is 0.699. The van der Waals surface area contributed by atoms with E-state index in [0.717, 1.165) is 5.69 Å². The van der Waals surface area contributed by atoms with Crippen LogP contribution in [0.15, 0.2) is 12.1 Å². The second kappa shape index (κ2) is 6.87. The molecule has 1 rings (SSSR count). The zero-order valence-corrected chi connectivity index (χ0v) is 12.9. The van der Waals surface area contributed by atoms with E-state index in [4.69, 9.17) is 25.8 Å². The average Bonchev–Trinajstić information content (AvgIpc) is 2.34. The molecule has 0 radical (unpaired) electrons. The first kappa shape index (κ1) is 15.9. The first-order valence-corrected chi connectivity index (χ1v) is 6.54. The van der Waals surface area contributed by atoms with Crippen molar-refractivity contribution in [1.29, 1.82) is 0 Å². The molecule has 5 heteroatoms. The summed E-state index contributed by atoms with van der Waals surface area (Å²) in [4.78, 5) is 0. The van der Waals surface area contributed by atoms with Gasteiger partial charge in [0.05, 0.1) is 37.1 Å². The maximum absolute atomic E-state index is 6.04. The summed E-state index contributed by atoms with van der Waals surface area (Å²) in [6.07, 6.45) is 0. The summed E-state index contributed by atoms with van der Waals surface area (Å²) in [5, 5.41) is 3.77. The molecule has 1 N–H and O–H groups in total. The third-order valence-corrected chi connectivity index (χ3v) is 2.72. The van der Waals surface area contributed by atoms with Crippen LogP contribution in [0.2, 0.25) is 5.02 Å². The fourth-order valence-corrected chi connectivity index (χ4v) is 1.77. The molecule has 0 saturated heterocycles. The number of rotatable bonds is 6. The molecule has 0 atom stereocenters. The fraction of sp³-hybridized carbons (Fsp3) is 0.571. The lowest BCUT2D eigenvalue weighted by Crippen LogP contribution is -2.23. The van der Waals surface area contributed by atoms with Crippen LogP contribution in [-0.2, 0) is 4.74 Å². The zero-order chi connectivity index (χ0) is 14.5. The highest BCUT2D eigenvalue weighted by atomic mass is 35.5. The summed E-state index contributed by atoms with van der Waals surface area (Å²) in [7, 11) is 3.19. The summed E-state index contributed by atoms with van der Waals surface area (Å²) >= 11 is 6.04. The summed E-state index contributed by atoms with van der Waals surface area (Å²) in [5.74, 6) is 1.29. The summed E-state index contributed by atoms with van der Waals surface area (Å²) in [6, 6.07) is 3.55. The van der Waals surface area contributed by atoms with Crippen molar-refractivity contribution in [2.24, 2.45) is 0 Å². The minimum atomic E-state index is -0.135. The van der Waals surface area contributed by atoms with Gasteiger partial charge in [-0.2, -0.15) is 0 Å². The Morgan fingerprint density at radius 1 is 1.11 bits per heavy atom. The SMILES string of the molecule is COc1cc(NCCOC(C)(C)C)c(OC)cc1Cl. The average molecular weight is 288 g/mol. The fourth-order valence-electron chi connectivity index (χ4n) is 1.54. The van der Waals surface area contributed by atoms with Crippen LogP contribution in [0.4, 0.5) is 5.69 Å². The van der Waals surface area contributed by atoms with Crippen molar-refractivity contribution in [2.75, 3.05) is 32.7 Å². The number of anilines is 1. The van der Waals surface area contributed by atoms with Crippen molar-refractivity contribution >= 4 is 17.3 Å². The largest absolute Gasteiger partial charge is 0.495 e. The van der Waals surface area contributed by atoms with Crippen molar-refractivity contribution in [3.05, 3.63) is 17.2 Å². The van der Waals surface area contributed by atoms with Crippen LogP contribution in [-0.4, -0.2) is 33.0 Å². The monoisotopic (exact) mass is 287 g/mol. The highest BCUT2D eigenvalue weighted by molar-refractivity contribution is 6.32. The van der Waals surface area contributed by atoms with E-state index < -0.39 is 0 Å². The number of hydrogen-bond acceptors (Lipinski definition) is 4. The Kier molecular flexibility index (Phi) is 5.76. The predicted molar refractivity (Wildman–Crippen MR) is 78.8 cm³/mol. The Morgan fingerprint density at radius 2 is 1.74 bits per heavy atom. The van der Waals surface area contributed by atoms with Gasteiger partial charge in [-0.15, -0.1) is 0 Å². The van der Waals surface area contributed by atoms with Gasteiger partial charge in [0.1, 0.15) is 11.5 Å². The van der Waals surface area contributed by atoms with E-state index in [0.29, 0.717) is 29.7 Å². The van der Waals surface area contributed by atoms with E-state index in [1.807, 2.05) is 26.8 Å². The third kappa shape index (κ3) is 5.17. The maximum atomic E-state index is 6.04. The van der Waals surface area contributed by atoms with Gasteiger partial charge in [-0.05, 0) is 20.8 Å². The molecule has 108 valence electrons. The van der Waals surface area contributed by atoms with E-state index in [1.165, 1.54) is 0 Å². The van der Waals surface area contributed by atoms with Crippen LogP contribution in [0.25, 0.3) is 0 Å². The lowest BCUT2D eigenvalue weighted by Gasteiger charge is -2.20. The third-order valence-electron chi connectivity index (χ3n) is 2.43. The second-order valence-corrected chi connectivity index (χ2v) is 5.48. The van der Waals surface area contributed by atoms with Gasteiger partial charge in [0.25, 0.3) is 0 Å². The Morgan fingerprint density at radius 3 is 2.26 bits per heavy atom. The first-order chi connectivity index (χ1) is 8.87. The van der Waals surface area contributed by atoms with Gasteiger partial charge in [0.15, 0.2) is 0 Å². The number of benzene rings is 1. The lowest BCUT2D eigenvalue weighted by molar-refractivity contribution is 0.00332. The molecule has 0 aliphatic rings. The van der Waals surface area contributed by atoms with Crippen LogP contribution in [0.3, 0.4) is 0 Å². The van der Waals surface area contributed by atoms with Crippen LogP contribution in [0, 0.1) is 0 Å². The number of nitrogens with one attached hydrogen (secondary N) is 1. The standard InChI is InChI=1S/C14H22ClNO3/c1-14(2,3)19-7-6-16-11-9-12(17-4)10(15)8-13(11)18-5/h8-9,16H,6-7H2,1-5H3. The van der Waals surface area contributed by atoms with E-state index in [1.54, 1.807) is 20.3 Å². The number of halogens is 1. The molecule has 0 spiro atoms. The molecule has 19 heavy (non-hydrogen) atoms. The van der Waals surface area contributed by atoms with Crippen molar-refractivity contribution in [2.45, 2.75) is 26.4 Å². The molecule has 0 amide bonds. The second-order valence-electron chi connectivity index (χ2n) is 5.07. The predicted octanol–water partition coefficient (Wildman–Crippen LogP) is 3.58. The zero-order valence-electron chi connectivity index (χ0n) is 12.2. The molecule has 1 aromatic carbocycles. The first-order valence-electron chi connectivity index (χ1n) is 6.16. The molecule has 0 aromatic heterocycles. The van der Waals surface area contributed by atoms with Crippen molar-refractivity contribution < 1.29 is 14.2 Å². The molecular formula is C14H22ClNO3. The minimum absolute atomic E-state index is 0.135. The Labute approximate surface area is 120 Å². The maximum Gasteiger partial charge on any atom is 0.143 e. The topological polar surface area (TPSA) is 39.7 Å². The molecule has 4 nitrogen and oxygen atoms in total. The van der Waals surface area contributed by atoms with Gasteiger partial charge in [-0.1, -0.05) is 11.6 Å². The van der Waals surface area contributed by atoms with Gasteiger partial charge in [-0.25, -0.2) is 0 Å². The normalized spacial score (nSPS) is 11.3. The molecule has 0 saturated carbocycles. The van der Waals surface area contributed by atoms with E-state index >= 15 is 0 Å². The molecule has 0 aliphatic carbocycles. The van der Waals surface area contributed by atoms with E-state index in [2.05, 4.69) is 5.32 Å². The van der Waals surface area contributed by atoms with Crippen LogP contribution < -0.4 is 14.8 Å². The van der Waals surface area contributed by atoms with Gasteiger partial charge in [0, 0.05) is 18.7 Å². The van der Waals surface area contributed by atoms with Gasteiger partial charge < -0.3 is 19.5 Å². The number of methoxy groups -OCH3 is 2.